The van der Waals surface area contributed by atoms with Crippen LogP contribution in [-0.4, -0.2) is 48.2 Å². The second kappa shape index (κ2) is 5.48. The Morgan fingerprint density at radius 3 is 2.90 bits per heavy atom. The maximum absolute atomic E-state index is 12.4. The summed E-state index contributed by atoms with van der Waals surface area (Å²) >= 11 is 0. The molecule has 1 amide bonds. The lowest BCUT2D eigenvalue weighted by molar-refractivity contribution is -0.129. The molecule has 3 rings (SSSR count). The normalized spacial score (nSPS) is 24.7. The van der Waals surface area contributed by atoms with E-state index >= 15 is 0 Å². The minimum absolute atomic E-state index is 0.0707. The molecular formula is C16H19NO4. The van der Waals surface area contributed by atoms with Gasteiger partial charge in [-0.15, -0.1) is 0 Å². The monoisotopic (exact) mass is 289 g/mol. The van der Waals surface area contributed by atoms with Crippen molar-refractivity contribution in [3.63, 3.8) is 0 Å². The summed E-state index contributed by atoms with van der Waals surface area (Å²) in [4.78, 5) is 25.2. The first-order chi connectivity index (χ1) is 10.1. The van der Waals surface area contributed by atoms with Crippen LogP contribution >= 0.6 is 0 Å². The van der Waals surface area contributed by atoms with Crippen LogP contribution in [0.3, 0.4) is 0 Å². The Hall–Kier alpha value is -1.88. The highest BCUT2D eigenvalue weighted by Gasteiger charge is 2.42. The van der Waals surface area contributed by atoms with E-state index in [2.05, 4.69) is 0 Å². The van der Waals surface area contributed by atoms with E-state index in [9.17, 15) is 9.59 Å². The van der Waals surface area contributed by atoms with Gasteiger partial charge in [0.15, 0.2) is 0 Å². The van der Waals surface area contributed by atoms with Crippen LogP contribution in [-0.2, 0) is 16.0 Å². The van der Waals surface area contributed by atoms with Crippen LogP contribution in [0.2, 0.25) is 0 Å². The molecular weight excluding hydrogens is 270 g/mol. The lowest BCUT2D eigenvalue weighted by atomic mass is 9.87. The van der Waals surface area contributed by atoms with Crippen molar-refractivity contribution >= 4 is 11.9 Å². The second-order valence-corrected chi connectivity index (χ2v) is 6.05. The van der Waals surface area contributed by atoms with Crippen molar-refractivity contribution < 1.29 is 19.4 Å². The standard InChI is InChI=1S/C16H19NO4/c18-14(9-12-2-1-3-13(8-12)15(19)20)17-6-4-16(10-17)5-7-21-11-16/h1-3,8H,4-7,9-11H2,(H,19,20)/t16-/m0/s1. The third-order valence-electron chi connectivity index (χ3n) is 4.51. The highest BCUT2D eigenvalue weighted by Crippen LogP contribution is 2.38. The topological polar surface area (TPSA) is 66.8 Å². The van der Waals surface area contributed by atoms with Crippen molar-refractivity contribution in [1.29, 1.82) is 0 Å². The Bertz CT molecular complexity index is 563. The Balaban J connectivity index is 1.64. The van der Waals surface area contributed by atoms with E-state index < -0.39 is 5.97 Å². The van der Waals surface area contributed by atoms with Crippen LogP contribution in [0.5, 0.6) is 0 Å². The van der Waals surface area contributed by atoms with Gasteiger partial charge in [0.1, 0.15) is 0 Å². The van der Waals surface area contributed by atoms with Gasteiger partial charge in [0, 0.05) is 25.1 Å². The van der Waals surface area contributed by atoms with Crippen molar-refractivity contribution in [3.8, 4) is 0 Å². The van der Waals surface area contributed by atoms with Gasteiger partial charge in [0.25, 0.3) is 0 Å². The van der Waals surface area contributed by atoms with Gasteiger partial charge in [-0.05, 0) is 30.5 Å². The van der Waals surface area contributed by atoms with Crippen LogP contribution < -0.4 is 0 Å². The number of hydrogen-bond donors (Lipinski definition) is 1. The minimum atomic E-state index is -0.965. The minimum Gasteiger partial charge on any atom is -0.478 e. The quantitative estimate of drug-likeness (QED) is 0.917. The zero-order valence-electron chi connectivity index (χ0n) is 11.9. The molecule has 21 heavy (non-hydrogen) atoms. The molecule has 0 bridgehead atoms. The summed E-state index contributed by atoms with van der Waals surface area (Å²) in [5.41, 5.74) is 1.14. The third-order valence-corrected chi connectivity index (χ3v) is 4.51. The van der Waals surface area contributed by atoms with Gasteiger partial charge in [-0.2, -0.15) is 0 Å². The van der Waals surface area contributed by atoms with Crippen LogP contribution in [0.4, 0.5) is 0 Å². The summed E-state index contributed by atoms with van der Waals surface area (Å²) in [6.07, 6.45) is 2.30. The van der Waals surface area contributed by atoms with Gasteiger partial charge in [-0.1, -0.05) is 12.1 Å². The Morgan fingerprint density at radius 2 is 2.19 bits per heavy atom. The lowest BCUT2D eigenvalue weighted by Gasteiger charge is -2.22. The number of hydrogen-bond acceptors (Lipinski definition) is 3. The first kappa shape index (κ1) is 14.1. The highest BCUT2D eigenvalue weighted by molar-refractivity contribution is 5.88. The maximum Gasteiger partial charge on any atom is 0.335 e. The van der Waals surface area contributed by atoms with E-state index in [1.807, 2.05) is 4.90 Å². The lowest BCUT2D eigenvalue weighted by Crippen LogP contribution is -2.33. The van der Waals surface area contributed by atoms with E-state index in [1.165, 1.54) is 6.07 Å². The van der Waals surface area contributed by atoms with E-state index in [-0.39, 0.29) is 23.3 Å². The summed E-state index contributed by atoms with van der Waals surface area (Å²) in [7, 11) is 0. The average Bonchev–Trinajstić information content (AvgIpc) is 3.10. The van der Waals surface area contributed by atoms with Crippen molar-refractivity contribution in [2.45, 2.75) is 19.3 Å². The van der Waals surface area contributed by atoms with E-state index in [4.69, 9.17) is 9.84 Å². The largest absolute Gasteiger partial charge is 0.478 e. The van der Waals surface area contributed by atoms with Gasteiger partial charge in [-0.25, -0.2) is 4.79 Å². The molecule has 0 radical (unpaired) electrons. The molecule has 2 heterocycles. The van der Waals surface area contributed by atoms with Crippen molar-refractivity contribution in [1.82, 2.24) is 4.90 Å². The summed E-state index contributed by atoms with van der Waals surface area (Å²) < 4.78 is 5.47. The molecule has 0 saturated carbocycles. The van der Waals surface area contributed by atoms with E-state index in [1.54, 1.807) is 18.2 Å². The maximum atomic E-state index is 12.4. The molecule has 112 valence electrons. The second-order valence-electron chi connectivity index (χ2n) is 6.05. The molecule has 2 saturated heterocycles. The molecule has 0 aliphatic carbocycles. The van der Waals surface area contributed by atoms with Gasteiger partial charge in [-0.3, -0.25) is 4.79 Å². The van der Waals surface area contributed by atoms with Crippen LogP contribution in [0, 0.1) is 5.41 Å². The number of amides is 1. The number of carboxylic acid groups (broad SMARTS) is 1. The number of likely N-dealkylation sites (tertiary alicyclic amines) is 1. The van der Waals surface area contributed by atoms with Crippen molar-refractivity contribution in [2.75, 3.05) is 26.3 Å². The number of carbonyl (C=O) groups excluding carboxylic acids is 1. The number of carboxylic acids is 1. The number of nitrogens with zero attached hydrogens (tertiary/aromatic N) is 1. The molecule has 1 aromatic rings. The predicted molar refractivity (Wildman–Crippen MR) is 76.2 cm³/mol. The molecule has 2 fully saturated rings. The van der Waals surface area contributed by atoms with Crippen molar-refractivity contribution in [3.05, 3.63) is 35.4 Å². The molecule has 1 N–H and O–H groups in total. The number of aromatic carboxylic acids is 1. The van der Waals surface area contributed by atoms with Gasteiger partial charge in [0.05, 0.1) is 18.6 Å². The molecule has 2 aliphatic rings. The third kappa shape index (κ3) is 2.93. The van der Waals surface area contributed by atoms with Crippen LogP contribution in [0.15, 0.2) is 24.3 Å². The molecule has 5 nitrogen and oxygen atoms in total. The molecule has 5 heteroatoms. The summed E-state index contributed by atoms with van der Waals surface area (Å²) in [5, 5.41) is 8.99. The molecule has 1 aromatic carbocycles. The first-order valence-electron chi connectivity index (χ1n) is 7.26. The van der Waals surface area contributed by atoms with Gasteiger partial charge < -0.3 is 14.7 Å². The zero-order chi connectivity index (χ0) is 14.9. The number of benzene rings is 1. The zero-order valence-corrected chi connectivity index (χ0v) is 11.9. The molecule has 1 spiro atoms. The molecule has 0 aromatic heterocycles. The average molecular weight is 289 g/mol. The summed E-state index contributed by atoms with van der Waals surface area (Å²) in [6.45, 7) is 3.10. The Morgan fingerprint density at radius 1 is 1.33 bits per heavy atom. The first-order valence-corrected chi connectivity index (χ1v) is 7.26. The number of rotatable bonds is 3. The van der Waals surface area contributed by atoms with Crippen LogP contribution in [0.25, 0.3) is 0 Å². The predicted octanol–water partition coefficient (Wildman–Crippen LogP) is 1.57. The molecule has 2 aliphatic heterocycles. The van der Waals surface area contributed by atoms with Gasteiger partial charge >= 0.3 is 5.97 Å². The smallest absolute Gasteiger partial charge is 0.335 e. The fourth-order valence-electron chi connectivity index (χ4n) is 3.22. The van der Waals surface area contributed by atoms with Gasteiger partial charge in [0.2, 0.25) is 5.91 Å². The highest BCUT2D eigenvalue weighted by atomic mass is 16.5. The van der Waals surface area contributed by atoms with E-state index in [0.717, 1.165) is 44.7 Å². The molecule has 0 unspecified atom stereocenters. The SMILES string of the molecule is O=C(O)c1cccc(CC(=O)N2CC[C@]3(CCOC3)C2)c1. The Kier molecular flexibility index (Phi) is 3.68. The number of ether oxygens (including phenoxy) is 1. The Labute approximate surface area is 123 Å². The summed E-state index contributed by atoms with van der Waals surface area (Å²) in [6, 6.07) is 6.60. The fraction of sp³-hybridized carbons (Fsp3) is 0.500. The number of carbonyl (C=O) groups is 2. The van der Waals surface area contributed by atoms with Crippen LogP contribution in [0.1, 0.15) is 28.8 Å². The molecule has 1 atom stereocenters. The summed E-state index contributed by atoms with van der Waals surface area (Å²) in [5.74, 6) is -0.895. The van der Waals surface area contributed by atoms with Crippen molar-refractivity contribution in [2.24, 2.45) is 5.41 Å². The fourth-order valence-corrected chi connectivity index (χ4v) is 3.22. The van der Waals surface area contributed by atoms with E-state index in [0.29, 0.717) is 0 Å².